The highest BCUT2D eigenvalue weighted by atomic mass is 35.5. The lowest BCUT2D eigenvalue weighted by atomic mass is 10.2. The van der Waals surface area contributed by atoms with Crippen LogP contribution in [0.2, 0.25) is 4.34 Å². The Kier molecular flexibility index (Phi) is 5.39. The molecule has 5 nitrogen and oxygen atoms in total. The smallest absolute Gasteiger partial charge is 0.234 e. The van der Waals surface area contributed by atoms with Crippen molar-refractivity contribution in [3.8, 4) is 5.75 Å². The largest absolute Gasteiger partial charge is 0.494 e. The molecule has 0 aliphatic rings. The molecular formula is C20H17ClN2O3S2. The fourth-order valence-corrected chi connectivity index (χ4v) is 5.04. The van der Waals surface area contributed by atoms with Crippen molar-refractivity contribution in [2.24, 2.45) is 0 Å². The maximum atomic E-state index is 13.1. The number of anilines is 1. The number of hydrogen-bond acceptors (Lipinski definition) is 6. The SMILES string of the molecule is COc1ccc(C)c2sc(N(Cc3ccco3)C(=O)Cc3ccc(Cl)s3)nc12. The molecule has 1 amide bonds. The number of rotatable bonds is 6. The van der Waals surface area contributed by atoms with E-state index >= 15 is 0 Å². The fourth-order valence-electron chi connectivity index (χ4n) is 2.89. The van der Waals surface area contributed by atoms with Gasteiger partial charge in [-0.25, -0.2) is 4.98 Å². The first-order chi connectivity index (χ1) is 13.5. The van der Waals surface area contributed by atoms with Gasteiger partial charge in [0.1, 0.15) is 17.0 Å². The van der Waals surface area contributed by atoms with Gasteiger partial charge in [0.05, 0.1) is 35.4 Å². The van der Waals surface area contributed by atoms with Crippen molar-refractivity contribution in [2.45, 2.75) is 19.9 Å². The van der Waals surface area contributed by atoms with E-state index in [0.29, 0.717) is 27.5 Å². The summed E-state index contributed by atoms with van der Waals surface area (Å²) in [6.45, 7) is 2.34. The maximum Gasteiger partial charge on any atom is 0.234 e. The van der Waals surface area contributed by atoms with Gasteiger partial charge in [-0.15, -0.1) is 11.3 Å². The summed E-state index contributed by atoms with van der Waals surface area (Å²) in [5.41, 5.74) is 1.86. The number of amides is 1. The summed E-state index contributed by atoms with van der Waals surface area (Å²) in [5.74, 6) is 1.32. The monoisotopic (exact) mass is 432 g/mol. The number of nitrogens with zero attached hydrogens (tertiary/aromatic N) is 2. The highest BCUT2D eigenvalue weighted by molar-refractivity contribution is 7.22. The van der Waals surface area contributed by atoms with E-state index in [1.165, 1.54) is 22.7 Å². The van der Waals surface area contributed by atoms with E-state index in [9.17, 15) is 4.79 Å². The van der Waals surface area contributed by atoms with Gasteiger partial charge in [-0.1, -0.05) is 29.0 Å². The second-order valence-corrected chi connectivity index (χ2v) is 8.98. The van der Waals surface area contributed by atoms with Crippen LogP contribution in [0.5, 0.6) is 5.75 Å². The molecule has 3 aromatic heterocycles. The Balaban J connectivity index is 1.73. The quantitative estimate of drug-likeness (QED) is 0.392. The zero-order valence-electron chi connectivity index (χ0n) is 15.3. The number of furan rings is 1. The molecule has 144 valence electrons. The number of carbonyl (C=O) groups excluding carboxylic acids is 1. The molecule has 0 bridgehead atoms. The van der Waals surface area contributed by atoms with Crippen LogP contribution in [0, 0.1) is 6.92 Å². The Labute approximate surface area is 175 Å². The van der Waals surface area contributed by atoms with E-state index < -0.39 is 0 Å². The summed E-state index contributed by atoms with van der Waals surface area (Å²) in [7, 11) is 1.62. The molecule has 0 radical (unpaired) electrons. The molecule has 0 N–H and O–H groups in total. The maximum absolute atomic E-state index is 13.1. The number of aromatic nitrogens is 1. The predicted octanol–water partition coefficient (Wildman–Crippen LogP) is 5.70. The first-order valence-corrected chi connectivity index (χ1v) is 10.6. The molecule has 0 spiro atoms. The summed E-state index contributed by atoms with van der Waals surface area (Å²) in [5, 5.41) is 0.617. The van der Waals surface area contributed by atoms with E-state index in [2.05, 4.69) is 0 Å². The minimum Gasteiger partial charge on any atom is -0.494 e. The number of hydrogen-bond donors (Lipinski definition) is 0. The standard InChI is InChI=1S/C20H17ClN2O3S2/c1-12-5-7-15(25-2)18-19(12)28-20(22-18)23(11-13-4-3-9-26-13)17(24)10-14-6-8-16(21)27-14/h3-9H,10-11H2,1-2H3. The lowest BCUT2D eigenvalue weighted by Crippen LogP contribution is -2.31. The Morgan fingerprint density at radius 3 is 2.79 bits per heavy atom. The minimum absolute atomic E-state index is 0.0643. The Morgan fingerprint density at radius 2 is 2.11 bits per heavy atom. The molecule has 0 aliphatic carbocycles. The lowest BCUT2D eigenvalue weighted by molar-refractivity contribution is -0.118. The molecular weight excluding hydrogens is 416 g/mol. The number of fused-ring (bicyclic) bond motifs is 1. The third kappa shape index (κ3) is 3.78. The summed E-state index contributed by atoms with van der Waals surface area (Å²) in [4.78, 5) is 20.4. The van der Waals surface area contributed by atoms with Gasteiger partial charge < -0.3 is 9.15 Å². The van der Waals surface area contributed by atoms with Gasteiger partial charge in [-0.3, -0.25) is 9.69 Å². The van der Waals surface area contributed by atoms with E-state index in [0.717, 1.165) is 20.7 Å². The fraction of sp³-hybridized carbons (Fsp3) is 0.200. The molecule has 8 heteroatoms. The molecule has 1 aromatic carbocycles. The highest BCUT2D eigenvalue weighted by Gasteiger charge is 2.23. The Bertz CT molecular complexity index is 1120. The predicted molar refractivity (Wildman–Crippen MR) is 114 cm³/mol. The van der Waals surface area contributed by atoms with Gasteiger partial charge in [0, 0.05) is 4.88 Å². The molecule has 0 unspecified atom stereocenters. The number of ether oxygens (including phenoxy) is 1. The lowest BCUT2D eigenvalue weighted by Gasteiger charge is -2.18. The van der Waals surface area contributed by atoms with Gasteiger partial charge in [-0.2, -0.15) is 0 Å². The van der Waals surface area contributed by atoms with Crippen LogP contribution in [-0.4, -0.2) is 18.0 Å². The molecule has 4 rings (SSSR count). The van der Waals surface area contributed by atoms with Crippen LogP contribution < -0.4 is 9.64 Å². The van der Waals surface area contributed by atoms with Crippen LogP contribution in [0.25, 0.3) is 10.2 Å². The van der Waals surface area contributed by atoms with Crippen LogP contribution in [0.1, 0.15) is 16.2 Å². The van der Waals surface area contributed by atoms with Crippen molar-refractivity contribution in [2.75, 3.05) is 12.0 Å². The number of thiophene rings is 1. The Morgan fingerprint density at radius 1 is 1.25 bits per heavy atom. The molecule has 0 saturated heterocycles. The number of thiazole rings is 1. The first kappa shape index (κ1) is 19.0. The summed E-state index contributed by atoms with van der Waals surface area (Å²) in [6.07, 6.45) is 1.85. The van der Waals surface area contributed by atoms with Crippen LogP contribution in [-0.2, 0) is 17.8 Å². The third-order valence-corrected chi connectivity index (χ3v) is 6.74. The highest BCUT2D eigenvalue weighted by Crippen LogP contribution is 2.37. The van der Waals surface area contributed by atoms with Crippen molar-refractivity contribution in [3.63, 3.8) is 0 Å². The number of carbonyl (C=O) groups is 1. The van der Waals surface area contributed by atoms with Crippen molar-refractivity contribution in [3.05, 3.63) is 63.2 Å². The van der Waals surface area contributed by atoms with E-state index in [4.69, 9.17) is 25.7 Å². The molecule has 28 heavy (non-hydrogen) atoms. The average Bonchev–Trinajstić information content (AvgIpc) is 3.41. The normalized spacial score (nSPS) is 11.1. The third-order valence-electron chi connectivity index (χ3n) is 4.29. The number of benzene rings is 1. The molecule has 4 aromatic rings. The van der Waals surface area contributed by atoms with Crippen LogP contribution >= 0.6 is 34.3 Å². The van der Waals surface area contributed by atoms with E-state index in [-0.39, 0.29) is 12.3 Å². The number of halogens is 1. The summed E-state index contributed by atoms with van der Waals surface area (Å²) >= 11 is 8.90. The minimum atomic E-state index is -0.0643. The molecule has 0 fully saturated rings. The molecule has 3 heterocycles. The van der Waals surface area contributed by atoms with Gasteiger partial charge in [0.25, 0.3) is 0 Å². The number of methoxy groups -OCH3 is 1. The Hall–Kier alpha value is -2.35. The van der Waals surface area contributed by atoms with Crippen LogP contribution in [0.3, 0.4) is 0 Å². The van der Waals surface area contributed by atoms with Crippen molar-refractivity contribution in [1.29, 1.82) is 0 Å². The van der Waals surface area contributed by atoms with Crippen molar-refractivity contribution >= 4 is 55.5 Å². The molecule has 0 aliphatic heterocycles. The van der Waals surface area contributed by atoms with E-state index in [1.807, 2.05) is 37.3 Å². The van der Waals surface area contributed by atoms with E-state index in [1.54, 1.807) is 24.3 Å². The second kappa shape index (κ2) is 7.95. The second-order valence-electron chi connectivity index (χ2n) is 6.20. The van der Waals surface area contributed by atoms with Crippen molar-refractivity contribution < 1.29 is 13.9 Å². The molecule has 0 saturated carbocycles. The summed E-state index contributed by atoms with van der Waals surface area (Å²) < 4.78 is 12.6. The van der Waals surface area contributed by atoms with Crippen LogP contribution in [0.4, 0.5) is 5.13 Å². The first-order valence-electron chi connectivity index (χ1n) is 8.56. The number of aryl methyl sites for hydroxylation is 1. The van der Waals surface area contributed by atoms with Gasteiger partial charge in [0.2, 0.25) is 5.91 Å². The van der Waals surface area contributed by atoms with Gasteiger partial charge in [0.15, 0.2) is 5.13 Å². The van der Waals surface area contributed by atoms with Crippen molar-refractivity contribution in [1.82, 2.24) is 4.98 Å². The summed E-state index contributed by atoms with van der Waals surface area (Å²) in [6, 6.07) is 11.2. The average molecular weight is 433 g/mol. The van der Waals surface area contributed by atoms with Gasteiger partial charge in [-0.05, 0) is 42.8 Å². The topological polar surface area (TPSA) is 55.6 Å². The zero-order valence-corrected chi connectivity index (χ0v) is 17.7. The van der Waals surface area contributed by atoms with Gasteiger partial charge >= 0.3 is 0 Å². The molecule has 0 atom stereocenters. The zero-order chi connectivity index (χ0) is 19.7. The van der Waals surface area contributed by atoms with Crippen LogP contribution in [0.15, 0.2) is 47.1 Å².